The SMILES string of the molecule is COc1ccccc1N1C[C@H](NC(=O)c2cnn3ccn(C)c23)CC1=O. The fraction of sp³-hybridized carbons (Fsp3) is 0.278. The number of aryl methyl sites for hydroxylation is 1. The summed E-state index contributed by atoms with van der Waals surface area (Å²) in [5.41, 5.74) is 1.92. The van der Waals surface area contributed by atoms with Crippen LogP contribution < -0.4 is 15.0 Å². The van der Waals surface area contributed by atoms with Gasteiger partial charge < -0.3 is 19.5 Å². The van der Waals surface area contributed by atoms with Crippen molar-refractivity contribution in [2.45, 2.75) is 12.5 Å². The van der Waals surface area contributed by atoms with E-state index < -0.39 is 0 Å². The van der Waals surface area contributed by atoms with E-state index in [1.807, 2.05) is 42.1 Å². The number of fused-ring (bicyclic) bond motifs is 1. The van der Waals surface area contributed by atoms with Gasteiger partial charge in [0.1, 0.15) is 17.0 Å². The molecule has 3 heterocycles. The molecule has 1 aliphatic heterocycles. The summed E-state index contributed by atoms with van der Waals surface area (Å²) in [5.74, 6) is 0.357. The van der Waals surface area contributed by atoms with Crippen molar-refractivity contribution in [3.63, 3.8) is 0 Å². The Balaban J connectivity index is 1.52. The summed E-state index contributed by atoms with van der Waals surface area (Å²) in [6.07, 6.45) is 5.41. The van der Waals surface area contributed by atoms with Gasteiger partial charge in [-0.1, -0.05) is 12.1 Å². The van der Waals surface area contributed by atoms with Crippen LogP contribution in [-0.2, 0) is 11.8 Å². The highest BCUT2D eigenvalue weighted by Gasteiger charge is 2.33. The lowest BCUT2D eigenvalue weighted by Gasteiger charge is -2.19. The molecule has 0 spiro atoms. The van der Waals surface area contributed by atoms with E-state index in [9.17, 15) is 9.59 Å². The van der Waals surface area contributed by atoms with E-state index in [1.165, 1.54) is 0 Å². The Morgan fingerprint density at radius 1 is 1.31 bits per heavy atom. The van der Waals surface area contributed by atoms with Crippen LogP contribution in [0.3, 0.4) is 0 Å². The maximum atomic E-state index is 12.7. The van der Waals surface area contributed by atoms with Crippen molar-refractivity contribution in [3.05, 3.63) is 48.4 Å². The van der Waals surface area contributed by atoms with Gasteiger partial charge in [-0.2, -0.15) is 5.10 Å². The Morgan fingerprint density at radius 2 is 2.12 bits per heavy atom. The smallest absolute Gasteiger partial charge is 0.256 e. The summed E-state index contributed by atoms with van der Waals surface area (Å²) in [7, 11) is 3.43. The minimum absolute atomic E-state index is 0.0428. The monoisotopic (exact) mass is 353 g/mol. The molecule has 26 heavy (non-hydrogen) atoms. The lowest BCUT2D eigenvalue weighted by atomic mass is 10.2. The molecule has 2 aromatic heterocycles. The normalized spacial score (nSPS) is 17.1. The number of anilines is 1. The van der Waals surface area contributed by atoms with Crippen LogP contribution in [0.25, 0.3) is 5.65 Å². The van der Waals surface area contributed by atoms with Gasteiger partial charge in [0.15, 0.2) is 0 Å². The highest BCUT2D eigenvalue weighted by atomic mass is 16.5. The van der Waals surface area contributed by atoms with Crippen molar-refractivity contribution in [1.29, 1.82) is 0 Å². The summed E-state index contributed by atoms with van der Waals surface area (Å²) >= 11 is 0. The van der Waals surface area contributed by atoms with Crippen LogP contribution in [0.5, 0.6) is 5.75 Å². The van der Waals surface area contributed by atoms with Crippen molar-refractivity contribution < 1.29 is 14.3 Å². The van der Waals surface area contributed by atoms with E-state index in [0.717, 1.165) is 0 Å². The Morgan fingerprint density at radius 3 is 2.92 bits per heavy atom. The maximum Gasteiger partial charge on any atom is 0.256 e. The van der Waals surface area contributed by atoms with Crippen LogP contribution in [0.1, 0.15) is 16.8 Å². The number of imidazole rings is 1. The molecular weight excluding hydrogens is 334 g/mol. The number of methoxy groups -OCH3 is 1. The average Bonchev–Trinajstić information content (AvgIpc) is 3.32. The molecule has 0 aliphatic carbocycles. The minimum atomic E-state index is -0.268. The van der Waals surface area contributed by atoms with E-state index >= 15 is 0 Å². The quantitative estimate of drug-likeness (QED) is 0.765. The third-order valence-electron chi connectivity index (χ3n) is 4.62. The second kappa shape index (κ2) is 6.21. The van der Waals surface area contributed by atoms with E-state index in [2.05, 4.69) is 10.4 Å². The standard InChI is InChI=1S/C18H19N5O3/c1-21-7-8-23-18(21)13(10-19-23)17(25)20-12-9-16(24)22(11-12)14-5-3-4-6-15(14)26-2/h3-8,10,12H,9,11H2,1-2H3,(H,20,25)/t12-/m1/s1. The van der Waals surface area contributed by atoms with Crippen LogP contribution in [-0.4, -0.2) is 45.7 Å². The number of rotatable bonds is 4. The van der Waals surface area contributed by atoms with Gasteiger partial charge in [0.25, 0.3) is 5.91 Å². The Bertz CT molecular complexity index is 990. The van der Waals surface area contributed by atoms with Crippen LogP contribution in [0.2, 0.25) is 0 Å². The molecule has 0 saturated carbocycles. The summed E-state index contributed by atoms with van der Waals surface area (Å²) in [4.78, 5) is 26.8. The van der Waals surface area contributed by atoms with Crippen LogP contribution >= 0.6 is 0 Å². The molecule has 0 bridgehead atoms. The van der Waals surface area contributed by atoms with Gasteiger partial charge in [-0.05, 0) is 12.1 Å². The molecule has 8 heteroatoms. The largest absolute Gasteiger partial charge is 0.495 e. The molecule has 2 amide bonds. The molecular formula is C18H19N5O3. The number of carbonyl (C=O) groups is 2. The van der Waals surface area contributed by atoms with Crippen molar-refractivity contribution in [1.82, 2.24) is 19.5 Å². The Hall–Kier alpha value is -3.29. The number of aromatic nitrogens is 3. The van der Waals surface area contributed by atoms with Crippen molar-refractivity contribution >= 4 is 23.1 Å². The number of ether oxygens (including phenoxy) is 1. The molecule has 1 N–H and O–H groups in total. The second-order valence-corrected chi connectivity index (χ2v) is 6.29. The highest BCUT2D eigenvalue weighted by Crippen LogP contribution is 2.31. The van der Waals surface area contributed by atoms with Crippen LogP contribution in [0, 0.1) is 0 Å². The number of nitrogens with one attached hydrogen (secondary N) is 1. The van der Waals surface area contributed by atoms with E-state index in [0.29, 0.717) is 29.2 Å². The van der Waals surface area contributed by atoms with Gasteiger partial charge in [0.05, 0.1) is 25.0 Å². The zero-order valence-electron chi connectivity index (χ0n) is 14.5. The molecule has 8 nitrogen and oxygen atoms in total. The number of amides is 2. The molecule has 1 aliphatic rings. The second-order valence-electron chi connectivity index (χ2n) is 6.29. The Kier molecular flexibility index (Phi) is 3.87. The zero-order chi connectivity index (χ0) is 18.3. The maximum absolute atomic E-state index is 12.7. The fourth-order valence-corrected chi connectivity index (χ4v) is 3.36. The first-order chi connectivity index (χ1) is 12.6. The van der Waals surface area contributed by atoms with E-state index in [-0.39, 0.29) is 24.3 Å². The number of hydrogen-bond acceptors (Lipinski definition) is 4. The molecule has 134 valence electrons. The average molecular weight is 353 g/mol. The van der Waals surface area contributed by atoms with E-state index in [4.69, 9.17) is 4.74 Å². The van der Waals surface area contributed by atoms with Crippen LogP contribution in [0.4, 0.5) is 5.69 Å². The van der Waals surface area contributed by atoms with Crippen molar-refractivity contribution in [2.75, 3.05) is 18.6 Å². The lowest BCUT2D eigenvalue weighted by Crippen LogP contribution is -2.37. The van der Waals surface area contributed by atoms with Crippen molar-refractivity contribution in [2.24, 2.45) is 7.05 Å². The number of benzene rings is 1. The van der Waals surface area contributed by atoms with Gasteiger partial charge in [0.2, 0.25) is 5.91 Å². The van der Waals surface area contributed by atoms with Gasteiger partial charge >= 0.3 is 0 Å². The molecule has 1 aromatic carbocycles. The predicted molar refractivity (Wildman–Crippen MR) is 95.4 cm³/mol. The lowest BCUT2D eigenvalue weighted by molar-refractivity contribution is -0.117. The topological polar surface area (TPSA) is 80.9 Å². The molecule has 1 atom stereocenters. The number of para-hydroxylation sites is 2. The van der Waals surface area contributed by atoms with Gasteiger partial charge in [0, 0.05) is 32.4 Å². The molecule has 0 radical (unpaired) electrons. The summed E-state index contributed by atoms with van der Waals surface area (Å²) in [6, 6.07) is 7.10. The number of nitrogens with zero attached hydrogens (tertiary/aromatic N) is 4. The van der Waals surface area contributed by atoms with Crippen molar-refractivity contribution in [3.8, 4) is 5.75 Å². The Labute approximate surface area is 150 Å². The molecule has 1 saturated heterocycles. The first kappa shape index (κ1) is 16.2. The van der Waals surface area contributed by atoms with Crippen LogP contribution in [0.15, 0.2) is 42.9 Å². The third kappa shape index (κ3) is 2.59. The highest BCUT2D eigenvalue weighted by molar-refractivity contribution is 6.02. The van der Waals surface area contributed by atoms with Gasteiger partial charge in [-0.15, -0.1) is 0 Å². The minimum Gasteiger partial charge on any atom is -0.495 e. The zero-order valence-corrected chi connectivity index (χ0v) is 14.5. The first-order valence-corrected chi connectivity index (χ1v) is 8.31. The molecule has 0 unspecified atom stereocenters. The number of hydrogen-bond donors (Lipinski definition) is 1. The molecule has 4 rings (SSSR count). The third-order valence-corrected chi connectivity index (χ3v) is 4.62. The first-order valence-electron chi connectivity index (χ1n) is 8.31. The summed E-state index contributed by atoms with van der Waals surface area (Å²) in [5, 5.41) is 7.13. The predicted octanol–water partition coefficient (Wildman–Crippen LogP) is 1.22. The van der Waals surface area contributed by atoms with E-state index in [1.54, 1.807) is 28.9 Å². The number of carbonyl (C=O) groups excluding carboxylic acids is 2. The summed E-state index contributed by atoms with van der Waals surface area (Å²) in [6.45, 7) is 0.405. The molecule has 1 fully saturated rings. The van der Waals surface area contributed by atoms with Gasteiger partial charge in [-0.3, -0.25) is 9.59 Å². The fourth-order valence-electron chi connectivity index (χ4n) is 3.36. The molecule has 3 aromatic rings. The van der Waals surface area contributed by atoms with Gasteiger partial charge in [-0.25, -0.2) is 4.52 Å². The summed E-state index contributed by atoms with van der Waals surface area (Å²) < 4.78 is 8.82.